The summed E-state index contributed by atoms with van der Waals surface area (Å²) in [5.74, 6) is 0.658. The third kappa shape index (κ3) is 5.15. The Bertz CT molecular complexity index is 404. The lowest BCUT2D eigenvalue weighted by molar-refractivity contribution is 0.442. The van der Waals surface area contributed by atoms with Crippen LogP contribution in [0.15, 0.2) is 12.1 Å². The monoisotopic (exact) mass is 321 g/mol. The number of benzene rings is 1. The summed E-state index contributed by atoms with van der Waals surface area (Å²) in [5, 5.41) is 5.31. The van der Waals surface area contributed by atoms with Gasteiger partial charge in [0.05, 0.1) is 0 Å². The van der Waals surface area contributed by atoms with E-state index in [4.69, 9.17) is 34.8 Å². The highest BCUT2D eigenvalue weighted by molar-refractivity contribution is 6.39. The first-order chi connectivity index (χ1) is 8.74. The van der Waals surface area contributed by atoms with Crippen molar-refractivity contribution in [3.63, 3.8) is 0 Å². The van der Waals surface area contributed by atoms with Crippen LogP contribution in [0.4, 0.5) is 0 Å². The topological polar surface area (TPSA) is 12.0 Å². The Morgan fingerprint density at radius 2 is 1.63 bits per heavy atom. The second-order valence-corrected chi connectivity index (χ2v) is 7.23. The highest BCUT2D eigenvalue weighted by Gasteiger charge is 2.26. The lowest BCUT2D eigenvalue weighted by Crippen LogP contribution is -2.28. The number of nitrogens with one attached hydrogen (secondary N) is 1. The molecule has 0 unspecified atom stereocenters. The van der Waals surface area contributed by atoms with E-state index in [1.165, 1.54) is 0 Å². The Balaban J connectivity index is 2.77. The Kier molecular flexibility index (Phi) is 6.46. The zero-order chi connectivity index (χ0) is 14.6. The van der Waals surface area contributed by atoms with E-state index in [2.05, 4.69) is 33.0 Å². The first-order valence-electron chi connectivity index (χ1n) is 6.60. The van der Waals surface area contributed by atoms with Crippen molar-refractivity contribution in [2.45, 2.75) is 39.5 Å². The summed E-state index contributed by atoms with van der Waals surface area (Å²) in [6.45, 7) is 10.7. The van der Waals surface area contributed by atoms with Crippen LogP contribution in [0.3, 0.4) is 0 Å². The minimum Gasteiger partial charge on any atom is -0.316 e. The summed E-state index contributed by atoms with van der Waals surface area (Å²) in [6.07, 6.45) is 0.973. The highest BCUT2D eigenvalue weighted by atomic mass is 35.5. The molecule has 1 rings (SSSR count). The fraction of sp³-hybridized carbons (Fsp3) is 0.600. The number of hydrogen-bond donors (Lipinski definition) is 1. The molecule has 108 valence electrons. The quantitative estimate of drug-likeness (QED) is 0.676. The molecule has 0 saturated carbocycles. The molecule has 1 N–H and O–H groups in total. The van der Waals surface area contributed by atoms with Crippen LogP contribution >= 0.6 is 34.8 Å². The van der Waals surface area contributed by atoms with Gasteiger partial charge in [0, 0.05) is 15.1 Å². The van der Waals surface area contributed by atoms with Crippen LogP contribution in [-0.4, -0.2) is 13.1 Å². The molecule has 1 nitrogen and oxygen atoms in total. The lowest BCUT2D eigenvalue weighted by Gasteiger charge is -2.28. The van der Waals surface area contributed by atoms with E-state index in [9.17, 15) is 0 Å². The molecular formula is C15H22Cl3N. The van der Waals surface area contributed by atoms with E-state index in [1.807, 2.05) is 0 Å². The summed E-state index contributed by atoms with van der Waals surface area (Å²) < 4.78 is 0. The molecule has 19 heavy (non-hydrogen) atoms. The van der Waals surface area contributed by atoms with Crippen LogP contribution in [0, 0.1) is 5.92 Å². The maximum atomic E-state index is 6.29. The van der Waals surface area contributed by atoms with Crippen molar-refractivity contribution in [2.75, 3.05) is 13.1 Å². The van der Waals surface area contributed by atoms with Crippen LogP contribution in [0.2, 0.25) is 15.1 Å². The van der Waals surface area contributed by atoms with E-state index in [0.29, 0.717) is 21.0 Å². The normalized spacial score (nSPS) is 12.2. The van der Waals surface area contributed by atoms with Crippen LogP contribution < -0.4 is 5.32 Å². The Morgan fingerprint density at radius 3 is 2.11 bits per heavy atom. The van der Waals surface area contributed by atoms with E-state index < -0.39 is 0 Å². The fourth-order valence-corrected chi connectivity index (χ4v) is 3.43. The van der Waals surface area contributed by atoms with Crippen molar-refractivity contribution in [2.24, 2.45) is 5.92 Å². The Morgan fingerprint density at radius 1 is 1.11 bits per heavy atom. The molecule has 0 fully saturated rings. The lowest BCUT2D eigenvalue weighted by atomic mass is 9.81. The van der Waals surface area contributed by atoms with Crippen molar-refractivity contribution in [3.8, 4) is 0 Å². The summed E-state index contributed by atoms with van der Waals surface area (Å²) in [5.41, 5.74) is 0.898. The van der Waals surface area contributed by atoms with Crippen LogP contribution in [0.25, 0.3) is 0 Å². The van der Waals surface area contributed by atoms with Gasteiger partial charge in [-0.25, -0.2) is 0 Å². The standard InChI is InChI=1S/C15H22Cl3N/c1-10(2)9-19-6-5-15(3,4)14-12(17)7-11(16)8-13(14)18/h7-8,10,19H,5-6,9H2,1-4H3. The predicted molar refractivity (Wildman–Crippen MR) is 86.8 cm³/mol. The average molecular weight is 323 g/mol. The van der Waals surface area contributed by atoms with E-state index >= 15 is 0 Å². The van der Waals surface area contributed by atoms with Gasteiger partial charge in [-0.15, -0.1) is 0 Å². The van der Waals surface area contributed by atoms with Gasteiger partial charge in [-0.05, 0) is 48.5 Å². The summed E-state index contributed by atoms with van der Waals surface area (Å²) in [4.78, 5) is 0. The van der Waals surface area contributed by atoms with E-state index in [1.54, 1.807) is 12.1 Å². The minimum absolute atomic E-state index is 0.0806. The van der Waals surface area contributed by atoms with Crippen molar-refractivity contribution in [1.82, 2.24) is 5.32 Å². The van der Waals surface area contributed by atoms with Gasteiger partial charge in [0.2, 0.25) is 0 Å². The molecule has 0 spiro atoms. The Hall–Kier alpha value is 0.0500. The second-order valence-electron chi connectivity index (χ2n) is 5.98. The SMILES string of the molecule is CC(C)CNCCC(C)(C)c1c(Cl)cc(Cl)cc1Cl. The molecule has 0 aliphatic rings. The van der Waals surface area contributed by atoms with Gasteiger partial charge in [0.15, 0.2) is 0 Å². The van der Waals surface area contributed by atoms with Gasteiger partial charge < -0.3 is 5.32 Å². The van der Waals surface area contributed by atoms with Crippen LogP contribution in [-0.2, 0) is 5.41 Å². The largest absolute Gasteiger partial charge is 0.316 e. The smallest absolute Gasteiger partial charge is 0.0473 e. The molecule has 1 aromatic carbocycles. The van der Waals surface area contributed by atoms with Gasteiger partial charge in [0.25, 0.3) is 0 Å². The molecule has 1 aromatic rings. The molecular weight excluding hydrogens is 301 g/mol. The average Bonchev–Trinajstić information content (AvgIpc) is 2.22. The Labute approximate surface area is 131 Å². The van der Waals surface area contributed by atoms with Crippen molar-refractivity contribution < 1.29 is 0 Å². The minimum atomic E-state index is -0.0806. The first-order valence-corrected chi connectivity index (χ1v) is 7.73. The van der Waals surface area contributed by atoms with E-state index in [-0.39, 0.29) is 5.41 Å². The molecule has 0 heterocycles. The molecule has 0 saturated heterocycles. The number of rotatable bonds is 6. The van der Waals surface area contributed by atoms with Gasteiger partial charge in [-0.3, -0.25) is 0 Å². The van der Waals surface area contributed by atoms with Crippen molar-refractivity contribution >= 4 is 34.8 Å². The predicted octanol–water partition coefficient (Wildman–Crippen LogP) is 5.56. The van der Waals surface area contributed by atoms with Crippen molar-refractivity contribution in [1.29, 1.82) is 0 Å². The zero-order valence-corrected chi connectivity index (χ0v) is 14.3. The van der Waals surface area contributed by atoms with Crippen LogP contribution in [0.1, 0.15) is 39.7 Å². The zero-order valence-electron chi connectivity index (χ0n) is 12.0. The summed E-state index contributed by atoms with van der Waals surface area (Å²) in [6, 6.07) is 3.52. The number of hydrogen-bond acceptors (Lipinski definition) is 1. The molecule has 4 heteroatoms. The summed E-state index contributed by atoms with van der Waals surface area (Å²) in [7, 11) is 0. The maximum Gasteiger partial charge on any atom is 0.0473 e. The van der Waals surface area contributed by atoms with E-state index in [0.717, 1.165) is 25.1 Å². The van der Waals surface area contributed by atoms with Gasteiger partial charge in [0.1, 0.15) is 0 Å². The molecule has 0 aromatic heterocycles. The highest BCUT2D eigenvalue weighted by Crippen LogP contribution is 2.39. The maximum absolute atomic E-state index is 6.29. The van der Waals surface area contributed by atoms with Crippen LogP contribution in [0.5, 0.6) is 0 Å². The molecule has 0 aliphatic carbocycles. The summed E-state index contributed by atoms with van der Waals surface area (Å²) >= 11 is 18.5. The first kappa shape index (κ1) is 17.1. The third-order valence-electron chi connectivity index (χ3n) is 3.16. The molecule has 0 bridgehead atoms. The molecule has 0 radical (unpaired) electrons. The third-order valence-corrected chi connectivity index (χ3v) is 3.98. The fourth-order valence-electron chi connectivity index (χ4n) is 2.11. The number of halogens is 3. The van der Waals surface area contributed by atoms with Crippen molar-refractivity contribution in [3.05, 3.63) is 32.8 Å². The second kappa shape index (κ2) is 7.17. The van der Waals surface area contributed by atoms with Gasteiger partial charge in [-0.2, -0.15) is 0 Å². The molecule has 0 amide bonds. The molecule has 0 aliphatic heterocycles. The molecule has 0 atom stereocenters. The van der Waals surface area contributed by atoms with Gasteiger partial charge >= 0.3 is 0 Å². The van der Waals surface area contributed by atoms with Gasteiger partial charge in [-0.1, -0.05) is 62.5 Å².